The summed E-state index contributed by atoms with van der Waals surface area (Å²) < 4.78 is 0. The summed E-state index contributed by atoms with van der Waals surface area (Å²) in [6, 6.07) is 14.8. The summed E-state index contributed by atoms with van der Waals surface area (Å²) in [6.07, 6.45) is 3.70. The van der Waals surface area contributed by atoms with E-state index in [9.17, 15) is 0 Å². The van der Waals surface area contributed by atoms with Gasteiger partial charge >= 0.3 is 56.6 Å². The fourth-order valence-electron chi connectivity index (χ4n) is 2.67. The fraction of sp³-hybridized carbons (Fsp3) is 0.538. The van der Waals surface area contributed by atoms with Crippen molar-refractivity contribution < 1.29 is 56.6 Å². The molecule has 0 nitrogen and oxygen atoms in total. The van der Waals surface area contributed by atoms with Crippen LogP contribution in [0.1, 0.15) is 16.7 Å². The van der Waals surface area contributed by atoms with E-state index in [4.69, 9.17) is 0 Å². The van der Waals surface area contributed by atoms with E-state index in [1.165, 1.54) is 54.1 Å². The maximum absolute atomic E-state index is 3.47. The first-order chi connectivity index (χ1) is 6.73. The van der Waals surface area contributed by atoms with Gasteiger partial charge in [-0.25, -0.2) is 0 Å². The average Bonchev–Trinajstić information content (AvgIpc) is 2.18. The minimum absolute atomic E-state index is 0. The third-order valence-corrected chi connectivity index (χ3v) is 8.21. The standard InChI is InChI=1S/C13H15Si.3Li/c1-14-5-2-11-8-12(3-6-14)10-13(9-11)4-7-14;;;/h2-7H2,1H3;;;/q-3;3*+1. The van der Waals surface area contributed by atoms with Crippen LogP contribution < -0.4 is 56.6 Å². The molecule has 3 aliphatic heterocycles. The predicted octanol–water partition coefficient (Wildman–Crippen LogP) is -6.17. The van der Waals surface area contributed by atoms with Crippen LogP contribution >= 0.6 is 0 Å². The number of aryl methyl sites for hydroxylation is 3. The molecule has 0 atom stereocenters. The Labute approximate surface area is 142 Å². The molecule has 0 saturated heterocycles. The molecule has 0 saturated carbocycles. The van der Waals surface area contributed by atoms with Crippen molar-refractivity contribution >= 4 is 8.07 Å². The zero-order valence-corrected chi connectivity index (χ0v) is 12.7. The monoisotopic (exact) mass is 220 g/mol. The van der Waals surface area contributed by atoms with Crippen LogP contribution in [0.4, 0.5) is 0 Å². The van der Waals surface area contributed by atoms with E-state index in [1.54, 1.807) is 0 Å². The van der Waals surface area contributed by atoms with Crippen LogP contribution in [0.3, 0.4) is 0 Å². The first kappa shape index (κ1) is 18.2. The van der Waals surface area contributed by atoms with Crippen LogP contribution in [0.25, 0.3) is 0 Å². The van der Waals surface area contributed by atoms with Crippen molar-refractivity contribution in [1.82, 2.24) is 0 Å². The number of rotatable bonds is 0. The van der Waals surface area contributed by atoms with Gasteiger partial charge in [-0.05, 0) is 0 Å². The molecular formula is C13H15Li3Si. The molecule has 1 aromatic rings. The topological polar surface area (TPSA) is 0 Å². The smallest absolute Gasteiger partial charge is 0.539 e. The summed E-state index contributed by atoms with van der Waals surface area (Å²) in [5.41, 5.74) is 4.02. The molecule has 0 amide bonds. The molecule has 0 radical (unpaired) electrons. The first-order valence-corrected chi connectivity index (χ1v) is 8.74. The maximum Gasteiger partial charge on any atom is 1.00 e. The van der Waals surface area contributed by atoms with E-state index < -0.39 is 8.07 Å². The second kappa shape index (κ2) is 7.13. The van der Waals surface area contributed by atoms with Crippen molar-refractivity contribution in [2.24, 2.45) is 0 Å². The van der Waals surface area contributed by atoms with Gasteiger partial charge in [-0.2, -0.15) is 0 Å². The summed E-state index contributed by atoms with van der Waals surface area (Å²) in [4.78, 5) is 0. The molecular weight excluding hydrogens is 205 g/mol. The summed E-state index contributed by atoms with van der Waals surface area (Å²) in [6.45, 7) is 2.59. The minimum Gasteiger partial charge on any atom is -0.539 e. The van der Waals surface area contributed by atoms with Crippen LogP contribution in [0.2, 0.25) is 24.7 Å². The average molecular weight is 220 g/mol. The zero-order chi connectivity index (χ0) is 9.60. The van der Waals surface area contributed by atoms with Gasteiger partial charge in [-0.3, -0.25) is 0 Å². The van der Waals surface area contributed by atoms with Crippen LogP contribution in [0.15, 0.2) is 0 Å². The summed E-state index contributed by atoms with van der Waals surface area (Å²) >= 11 is 0. The van der Waals surface area contributed by atoms with Crippen molar-refractivity contribution in [3.8, 4) is 0 Å². The van der Waals surface area contributed by atoms with E-state index in [1.807, 2.05) is 0 Å². The van der Waals surface area contributed by atoms with E-state index in [0.29, 0.717) is 0 Å². The Morgan fingerprint density at radius 3 is 1.29 bits per heavy atom. The quantitative estimate of drug-likeness (QED) is 0.301. The third-order valence-electron chi connectivity index (χ3n) is 3.84. The van der Waals surface area contributed by atoms with E-state index >= 15 is 0 Å². The van der Waals surface area contributed by atoms with Crippen molar-refractivity contribution in [3.63, 3.8) is 0 Å². The molecule has 4 heteroatoms. The maximum atomic E-state index is 3.47. The second-order valence-electron chi connectivity index (χ2n) is 5.12. The van der Waals surface area contributed by atoms with Crippen LogP contribution in [0, 0.1) is 18.2 Å². The largest absolute Gasteiger partial charge is 1.00 e. The van der Waals surface area contributed by atoms with Crippen LogP contribution in [-0.2, 0) is 19.3 Å². The first-order valence-electron chi connectivity index (χ1n) is 5.62. The number of hydrogen-bond donors (Lipinski definition) is 0. The molecule has 74 valence electrons. The minimum atomic E-state index is -0.904. The number of benzene rings is 1. The molecule has 0 unspecified atom stereocenters. The van der Waals surface area contributed by atoms with E-state index in [-0.39, 0.29) is 56.6 Å². The Kier molecular flexibility index (Phi) is 7.64. The normalized spacial score (nSPS) is 18.9. The Balaban J connectivity index is 0.000000853. The molecule has 0 fully saturated rings. The molecule has 0 spiro atoms. The van der Waals surface area contributed by atoms with Gasteiger partial charge in [0.2, 0.25) is 0 Å². The molecule has 0 N–H and O–H groups in total. The molecule has 0 aliphatic carbocycles. The zero-order valence-electron chi connectivity index (χ0n) is 11.7. The van der Waals surface area contributed by atoms with Gasteiger partial charge in [0.05, 0.1) is 8.07 Å². The van der Waals surface area contributed by atoms with Gasteiger partial charge in [-0.15, -0.1) is 0 Å². The second-order valence-corrected chi connectivity index (χ2v) is 10.2. The summed E-state index contributed by atoms with van der Waals surface area (Å²) in [7, 11) is -0.904. The third kappa shape index (κ3) is 4.10. The SMILES string of the molecule is C[Si]12CCc3[c-]c([c-]c([c-]3)CC1)CC2.[Li+].[Li+].[Li+]. The van der Waals surface area contributed by atoms with Gasteiger partial charge in [-0.1, -0.05) is 43.9 Å². The fourth-order valence-corrected chi connectivity index (χ4v) is 5.98. The molecule has 3 aliphatic rings. The van der Waals surface area contributed by atoms with Gasteiger partial charge < -0.3 is 34.9 Å². The summed E-state index contributed by atoms with van der Waals surface area (Å²) in [5.74, 6) is 0. The Bertz CT molecular complexity index is 311. The molecule has 4 bridgehead atoms. The van der Waals surface area contributed by atoms with Crippen molar-refractivity contribution in [3.05, 3.63) is 34.9 Å². The molecule has 17 heavy (non-hydrogen) atoms. The molecule has 0 aromatic heterocycles. The van der Waals surface area contributed by atoms with Crippen molar-refractivity contribution in [2.75, 3.05) is 0 Å². The predicted molar refractivity (Wildman–Crippen MR) is 60.1 cm³/mol. The van der Waals surface area contributed by atoms with Crippen LogP contribution in [0.5, 0.6) is 0 Å². The van der Waals surface area contributed by atoms with Crippen molar-refractivity contribution in [2.45, 2.75) is 43.9 Å². The molecule has 3 heterocycles. The number of fused-ring (bicyclic) bond motifs is 3. The van der Waals surface area contributed by atoms with Crippen LogP contribution in [-0.4, -0.2) is 8.07 Å². The Morgan fingerprint density at radius 2 is 1.00 bits per heavy atom. The van der Waals surface area contributed by atoms with Crippen molar-refractivity contribution in [1.29, 1.82) is 0 Å². The number of hydrogen-bond acceptors (Lipinski definition) is 0. The van der Waals surface area contributed by atoms with Gasteiger partial charge in [0.1, 0.15) is 0 Å². The molecule has 1 aromatic carbocycles. The van der Waals surface area contributed by atoms with Gasteiger partial charge in [0.15, 0.2) is 0 Å². The van der Waals surface area contributed by atoms with Gasteiger partial charge in [0, 0.05) is 0 Å². The van der Waals surface area contributed by atoms with E-state index in [2.05, 4.69) is 24.7 Å². The summed E-state index contributed by atoms with van der Waals surface area (Å²) in [5, 5.41) is 0. The van der Waals surface area contributed by atoms with E-state index in [0.717, 1.165) is 0 Å². The van der Waals surface area contributed by atoms with Gasteiger partial charge in [0.25, 0.3) is 0 Å². The Hall–Kier alpha value is 1.23. The molecule has 4 rings (SSSR count). The Morgan fingerprint density at radius 1 is 0.706 bits per heavy atom.